The van der Waals surface area contributed by atoms with Crippen LogP contribution in [-0.4, -0.2) is 11.9 Å². The normalized spacial score (nSPS) is 13.7. The summed E-state index contributed by atoms with van der Waals surface area (Å²) >= 11 is 3.41. The molecule has 1 aromatic carbocycles. The van der Waals surface area contributed by atoms with Crippen molar-refractivity contribution in [1.29, 1.82) is 0 Å². The summed E-state index contributed by atoms with van der Waals surface area (Å²) < 4.78 is 1.00. The van der Waals surface area contributed by atoms with E-state index in [1.54, 1.807) is 0 Å². The van der Waals surface area contributed by atoms with Crippen LogP contribution in [0, 0.1) is 5.92 Å². The van der Waals surface area contributed by atoms with E-state index in [-0.39, 0.29) is 30.3 Å². The topological polar surface area (TPSA) is 55.1 Å². The lowest BCUT2D eigenvalue weighted by atomic mass is 10.0. The summed E-state index contributed by atoms with van der Waals surface area (Å²) in [5.74, 6) is 0.0391. The molecule has 0 aliphatic heterocycles. The SMILES string of the molecule is CC(NC(=O)[C@H](N)C(C)C)c1cccc(Br)c1.Cl. The third-order valence-electron chi connectivity index (χ3n) is 2.73. The molecule has 0 aromatic heterocycles. The molecule has 0 aliphatic carbocycles. The molecule has 3 nitrogen and oxygen atoms in total. The number of amides is 1. The summed E-state index contributed by atoms with van der Waals surface area (Å²) in [7, 11) is 0. The molecule has 0 saturated heterocycles. The maximum absolute atomic E-state index is 11.8. The van der Waals surface area contributed by atoms with Gasteiger partial charge in [-0.05, 0) is 30.5 Å². The summed E-state index contributed by atoms with van der Waals surface area (Å²) in [5, 5.41) is 2.92. The Hall–Kier alpha value is -0.580. The third kappa shape index (κ3) is 4.96. The van der Waals surface area contributed by atoms with Gasteiger partial charge in [-0.1, -0.05) is 41.9 Å². The Kier molecular flexibility index (Phi) is 7.52. The molecular formula is C13H20BrClN2O. The smallest absolute Gasteiger partial charge is 0.237 e. The molecule has 102 valence electrons. The highest BCUT2D eigenvalue weighted by molar-refractivity contribution is 9.10. The monoisotopic (exact) mass is 334 g/mol. The molecule has 0 aliphatic rings. The maximum atomic E-state index is 11.8. The Bertz CT molecular complexity index is 398. The minimum Gasteiger partial charge on any atom is -0.348 e. The molecule has 0 spiro atoms. The highest BCUT2D eigenvalue weighted by Gasteiger charge is 2.19. The Morgan fingerprint density at radius 3 is 2.44 bits per heavy atom. The highest BCUT2D eigenvalue weighted by Crippen LogP contribution is 2.18. The van der Waals surface area contributed by atoms with Crippen molar-refractivity contribution in [2.75, 3.05) is 0 Å². The first-order valence-corrected chi connectivity index (χ1v) is 6.52. The minimum atomic E-state index is -0.454. The van der Waals surface area contributed by atoms with Gasteiger partial charge in [0.25, 0.3) is 0 Å². The van der Waals surface area contributed by atoms with Crippen LogP contribution < -0.4 is 11.1 Å². The molecule has 1 aromatic rings. The average Bonchev–Trinajstić information content (AvgIpc) is 2.27. The van der Waals surface area contributed by atoms with Crippen LogP contribution in [-0.2, 0) is 4.79 Å². The van der Waals surface area contributed by atoms with Gasteiger partial charge in [-0.15, -0.1) is 12.4 Å². The van der Waals surface area contributed by atoms with E-state index < -0.39 is 6.04 Å². The van der Waals surface area contributed by atoms with Gasteiger partial charge in [-0.2, -0.15) is 0 Å². The van der Waals surface area contributed by atoms with Gasteiger partial charge in [0.05, 0.1) is 12.1 Å². The van der Waals surface area contributed by atoms with Gasteiger partial charge in [0, 0.05) is 4.47 Å². The molecule has 2 atom stereocenters. The number of hydrogen-bond acceptors (Lipinski definition) is 2. The van der Waals surface area contributed by atoms with Crippen LogP contribution in [0.5, 0.6) is 0 Å². The van der Waals surface area contributed by atoms with Gasteiger partial charge in [0.2, 0.25) is 5.91 Å². The van der Waals surface area contributed by atoms with Crippen LogP contribution in [0.25, 0.3) is 0 Å². The van der Waals surface area contributed by atoms with Gasteiger partial charge in [-0.3, -0.25) is 4.79 Å². The second kappa shape index (κ2) is 7.77. The first-order valence-electron chi connectivity index (χ1n) is 5.73. The zero-order valence-electron chi connectivity index (χ0n) is 10.8. The number of nitrogens with one attached hydrogen (secondary N) is 1. The Balaban J connectivity index is 0.00000289. The first-order chi connectivity index (χ1) is 7.91. The molecule has 0 bridgehead atoms. The van der Waals surface area contributed by atoms with Gasteiger partial charge >= 0.3 is 0 Å². The molecule has 18 heavy (non-hydrogen) atoms. The van der Waals surface area contributed by atoms with Crippen LogP contribution in [0.15, 0.2) is 28.7 Å². The van der Waals surface area contributed by atoms with Crippen LogP contribution in [0.3, 0.4) is 0 Å². The first kappa shape index (κ1) is 17.4. The summed E-state index contributed by atoms with van der Waals surface area (Å²) in [6.07, 6.45) is 0. The number of hydrogen-bond donors (Lipinski definition) is 2. The molecule has 1 rings (SSSR count). The molecule has 5 heteroatoms. The zero-order valence-corrected chi connectivity index (χ0v) is 13.2. The Morgan fingerprint density at radius 1 is 1.33 bits per heavy atom. The summed E-state index contributed by atoms with van der Waals surface area (Å²) in [4.78, 5) is 11.8. The summed E-state index contributed by atoms with van der Waals surface area (Å²) in [6.45, 7) is 5.83. The summed E-state index contributed by atoms with van der Waals surface area (Å²) in [6, 6.07) is 7.39. The molecule has 0 fully saturated rings. The van der Waals surface area contributed by atoms with Gasteiger partial charge in [0.1, 0.15) is 0 Å². The van der Waals surface area contributed by atoms with Crippen molar-refractivity contribution < 1.29 is 4.79 Å². The van der Waals surface area contributed by atoms with Crippen molar-refractivity contribution in [3.05, 3.63) is 34.3 Å². The van der Waals surface area contributed by atoms with E-state index in [0.717, 1.165) is 10.0 Å². The van der Waals surface area contributed by atoms with Gasteiger partial charge in [-0.25, -0.2) is 0 Å². The second-order valence-electron chi connectivity index (χ2n) is 4.56. The lowest BCUT2D eigenvalue weighted by Crippen LogP contribution is -2.44. The zero-order chi connectivity index (χ0) is 13.0. The maximum Gasteiger partial charge on any atom is 0.237 e. The number of benzene rings is 1. The summed E-state index contributed by atoms with van der Waals surface area (Å²) in [5.41, 5.74) is 6.85. The van der Waals surface area contributed by atoms with Crippen LogP contribution in [0.1, 0.15) is 32.4 Å². The number of rotatable bonds is 4. The quantitative estimate of drug-likeness (QED) is 0.888. The third-order valence-corrected chi connectivity index (χ3v) is 3.22. The number of nitrogens with two attached hydrogens (primary N) is 1. The van der Waals surface area contributed by atoms with E-state index >= 15 is 0 Å². The molecule has 0 saturated carbocycles. The van der Waals surface area contributed by atoms with Crippen molar-refractivity contribution in [2.24, 2.45) is 11.7 Å². The van der Waals surface area contributed by atoms with Crippen LogP contribution in [0.4, 0.5) is 0 Å². The minimum absolute atomic E-state index is 0. The number of carbonyl (C=O) groups is 1. The van der Waals surface area contributed by atoms with E-state index in [0.29, 0.717) is 0 Å². The van der Waals surface area contributed by atoms with E-state index in [9.17, 15) is 4.79 Å². The second-order valence-corrected chi connectivity index (χ2v) is 5.47. The van der Waals surface area contributed by atoms with E-state index in [1.807, 2.05) is 45.0 Å². The fourth-order valence-electron chi connectivity index (χ4n) is 1.47. The van der Waals surface area contributed by atoms with E-state index in [2.05, 4.69) is 21.2 Å². The fraction of sp³-hybridized carbons (Fsp3) is 0.462. The highest BCUT2D eigenvalue weighted by atomic mass is 79.9. The number of carbonyl (C=O) groups excluding carboxylic acids is 1. The van der Waals surface area contributed by atoms with Crippen molar-refractivity contribution in [3.63, 3.8) is 0 Å². The molecular weight excluding hydrogens is 316 g/mol. The molecule has 3 N–H and O–H groups in total. The fourth-order valence-corrected chi connectivity index (χ4v) is 1.89. The Morgan fingerprint density at radius 2 is 1.94 bits per heavy atom. The van der Waals surface area contributed by atoms with Crippen molar-refractivity contribution in [2.45, 2.75) is 32.9 Å². The van der Waals surface area contributed by atoms with E-state index in [1.165, 1.54) is 0 Å². The van der Waals surface area contributed by atoms with Gasteiger partial charge in [0.15, 0.2) is 0 Å². The van der Waals surface area contributed by atoms with Crippen molar-refractivity contribution in [1.82, 2.24) is 5.32 Å². The molecule has 0 heterocycles. The number of halogens is 2. The van der Waals surface area contributed by atoms with Crippen LogP contribution in [0.2, 0.25) is 0 Å². The lowest BCUT2D eigenvalue weighted by molar-refractivity contribution is -0.123. The van der Waals surface area contributed by atoms with Gasteiger partial charge < -0.3 is 11.1 Å². The molecule has 0 radical (unpaired) electrons. The van der Waals surface area contributed by atoms with Crippen molar-refractivity contribution in [3.8, 4) is 0 Å². The van der Waals surface area contributed by atoms with E-state index in [4.69, 9.17) is 5.73 Å². The predicted molar refractivity (Wildman–Crippen MR) is 80.8 cm³/mol. The lowest BCUT2D eigenvalue weighted by Gasteiger charge is -2.20. The van der Waals surface area contributed by atoms with Crippen molar-refractivity contribution >= 4 is 34.2 Å². The molecule has 1 amide bonds. The molecule has 1 unspecified atom stereocenters. The standard InChI is InChI=1S/C13H19BrN2O.ClH/c1-8(2)12(15)13(17)16-9(3)10-5-4-6-11(14)7-10;/h4-9,12H,15H2,1-3H3,(H,16,17);1H/t9?,12-;/m1./s1. The predicted octanol–water partition coefficient (Wildman–Crippen LogP) is 3.03. The Labute approximate surface area is 123 Å². The largest absolute Gasteiger partial charge is 0.348 e. The average molecular weight is 336 g/mol. The van der Waals surface area contributed by atoms with Crippen LogP contribution >= 0.6 is 28.3 Å².